The van der Waals surface area contributed by atoms with Crippen molar-refractivity contribution in [3.63, 3.8) is 0 Å². The van der Waals surface area contributed by atoms with Crippen LogP contribution in [0.4, 0.5) is 0 Å². The van der Waals surface area contributed by atoms with Crippen molar-refractivity contribution < 1.29 is 9.52 Å². The van der Waals surface area contributed by atoms with Gasteiger partial charge in [0.05, 0.1) is 6.26 Å². The van der Waals surface area contributed by atoms with Crippen LogP contribution in [-0.4, -0.2) is 5.11 Å². The highest BCUT2D eigenvalue weighted by Crippen LogP contribution is 1.99. The van der Waals surface area contributed by atoms with E-state index in [1.165, 1.54) is 6.26 Å². The minimum Gasteiger partial charge on any atom is -0.588 e. The number of hydrogen-bond donors (Lipinski definition) is 0. The third kappa shape index (κ3) is 0.937. The number of rotatable bonds is 0. The Morgan fingerprint density at radius 1 is 1.56 bits per heavy atom. The van der Waals surface area contributed by atoms with Crippen LogP contribution < -0.4 is 5.43 Å². The third-order valence-corrected chi connectivity index (χ3v) is 1.03. The van der Waals surface area contributed by atoms with Gasteiger partial charge in [-0.1, -0.05) is 0 Å². The minimum absolute atomic E-state index is 0.0880. The van der Waals surface area contributed by atoms with E-state index in [0.29, 0.717) is 5.56 Å². The number of hydrogen-bond acceptors (Lipinski definition) is 2. The van der Waals surface area contributed by atoms with E-state index in [4.69, 9.17) is 5.11 Å². The Morgan fingerprint density at radius 2 is 2.22 bits per heavy atom. The maximum Gasteiger partial charge on any atom is 0.338 e. The molecule has 0 unspecified atom stereocenters. The molecule has 1 aromatic rings. The standard InChI is InChI=1S/C6H6O3/c1-4-2-9-3-5(7)6(4)8/h2-3,7H,1H3/p+1. The first-order chi connectivity index (χ1) is 4.22. The molecule has 0 saturated heterocycles. The SMILES string of the molecule is Cc1cocc([OH2+])c1=O. The lowest BCUT2D eigenvalue weighted by Crippen LogP contribution is -2.01. The summed E-state index contributed by atoms with van der Waals surface area (Å²) in [4.78, 5) is 10.7. The Kier molecular flexibility index (Phi) is 1.26. The summed E-state index contributed by atoms with van der Waals surface area (Å²) in [7, 11) is 0. The van der Waals surface area contributed by atoms with Gasteiger partial charge in [-0.2, -0.15) is 0 Å². The molecule has 9 heavy (non-hydrogen) atoms. The van der Waals surface area contributed by atoms with Gasteiger partial charge in [-0.25, -0.2) is 0 Å². The number of aryl methyl sites for hydroxylation is 1. The van der Waals surface area contributed by atoms with E-state index in [1.807, 2.05) is 0 Å². The van der Waals surface area contributed by atoms with Crippen LogP contribution in [0.1, 0.15) is 5.56 Å². The van der Waals surface area contributed by atoms with Crippen molar-refractivity contribution in [3.8, 4) is 5.75 Å². The Bertz CT molecular complexity index is 238. The van der Waals surface area contributed by atoms with Crippen LogP contribution in [0, 0.1) is 6.92 Å². The van der Waals surface area contributed by atoms with E-state index >= 15 is 0 Å². The van der Waals surface area contributed by atoms with Gasteiger partial charge < -0.3 is 9.52 Å². The second-order valence-electron chi connectivity index (χ2n) is 1.80. The molecule has 0 atom stereocenters. The first kappa shape index (κ1) is 5.88. The molecule has 0 aromatic carbocycles. The average molecular weight is 127 g/mol. The highest BCUT2D eigenvalue weighted by atomic mass is 16.3. The molecular formula is C6H7O3+. The summed E-state index contributed by atoms with van der Waals surface area (Å²) < 4.78 is 4.63. The van der Waals surface area contributed by atoms with Gasteiger partial charge in [0.2, 0.25) is 0 Å². The lowest BCUT2D eigenvalue weighted by atomic mass is 10.3. The zero-order valence-electron chi connectivity index (χ0n) is 4.97. The maximum atomic E-state index is 10.7. The zero-order chi connectivity index (χ0) is 6.85. The smallest absolute Gasteiger partial charge is 0.338 e. The molecule has 1 rings (SSSR count). The lowest BCUT2D eigenvalue weighted by Gasteiger charge is -1.85. The van der Waals surface area contributed by atoms with Crippen LogP contribution in [0.2, 0.25) is 0 Å². The largest absolute Gasteiger partial charge is 0.588 e. The van der Waals surface area contributed by atoms with Crippen LogP contribution >= 0.6 is 0 Å². The molecule has 3 nitrogen and oxygen atoms in total. The van der Waals surface area contributed by atoms with Crippen LogP contribution in [0.25, 0.3) is 0 Å². The van der Waals surface area contributed by atoms with E-state index in [1.54, 1.807) is 6.92 Å². The van der Waals surface area contributed by atoms with Crippen molar-refractivity contribution in [2.24, 2.45) is 0 Å². The van der Waals surface area contributed by atoms with Crippen molar-refractivity contribution in [1.29, 1.82) is 0 Å². The first-order valence-corrected chi connectivity index (χ1v) is 2.50. The van der Waals surface area contributed by atoms with Gasteiger partial charge in [-0.3, -0.25) is 4.79 Å². The molecular weight excluding hydrogens is 120 g/mol. The molecule has 0 aliphatic carbocycles. The predicted octanol–water partition coefficient (Wildman–Crippen LogP) is 0.386. The third-order valence-electron chi connectivity index (χ3n) is 1.03. The molecule has 48 valence electrons. The molecule has 1 heterocycles. The van der Waals surface area contributed by atoms with Crippen molar-refractivity contribution in [3.05, 3.63) is 28.3 Å². The molecule has 2 N–H and O–H groups in total. The maximum absolute atomic E-state index is 10.7. The van der Waals surface area contributed by atoms with E-state index in [9.17, 15) is 4.79 Å². The fourth-order valence-corrected chi connectivity index (χ4v) is 0.524. The van der Waals surface area contributed by atoms with E-state index in [0.717, 1.165) is 6.26 Å². The normalized spacial score (nSPS) is 9.44. The second-order valence-corrected chi connectivity index (χ2v) is 1.80. The van der Waals surface area contributed by atoms with Crippen LogP contribution in [0.5, 0.6) is 5.75 Å². The quantitative estimate of drug-likeness (QED) is 0.473. The van der Waals surface area contributed by atoms with Gasteiger partial charge >= 0.3 is 5.75 Å². The summed E-state index contributed by atoms with van der Waals surface area (Å²) in [6, 6.07) is 0. The Labute approximate surface area is 51.6 Å². The van der Waals surface area contributed by atoms with Gasteiger partial charge in [-0.05, 0) is 6.92 Å². The molecule has 0 spiro atoms. The Balaban J connectivity index is 3.43. The molecule has 0 fully saturated rings. The molecule has 0 saturated carbocycles. The topological polar surface area (TPSA) is 53.1 Å². The second kappa shape index (κ2) is 1.93. The monoisotopic (exact) mass is 127 g/mol. The molecule has 3 heteroatoms. The van der Waals surface area contributed by atoms with Crippen molar-refractivity contribution in [2.75, 3.05) is 0 Å². The minimum atomic E-state index is -0.263. The van der Waals surface area contributed by atoms with Gasteiger partial charge in [0, 0.05) is 5.56 Å². The predicted molar refractivity (Wildman–Crippen MR) is 32.8 cm³/mol. The van der Waals surface area contributed by atoms with Gasteiger partial charge in [0.15, 0.2) is 6.26 Å². The van der Waals surface area contributed by atoms with Gasteiger partial charge in [0.1, 0.15) is 0 Å². The Morgan fingerprint density at radius 3 is 2.67 bits per heavy atom. The lowest BCUT2D eigenvalue weighted by molar-refractivity contribution is 0.427. The molecule has 0 radical (unpaired) electrons. The molecule has 0 amide bonds. The highest BCUT2D eigenvalue weighted by Gasteiger charge is 2.02. The van der Waals surface area contributed by atoms with Crippen molar-refractivity contribution in [1.82, 2.24) is 0 Å². The highest BCUT2D eigenvalue weighted by molar-refractivity contribution is 5.18. The van der Waals surface area contributed by atoms with E-state index in [2.05, 4.69) is 4.42 Å². The molecule has 1 aromatic heterocycles. The van der Waals surface area contributed by atoms with Crippen LogP contribution in [-0.2, 0) is 0 Å². The van der Waals surface area contributed by atoms with Gasteiger partial charge in [0.25, 0.3) is 5.43 Å². The first-order valence-electron chi connectivity index (χ1n) is 2.50. The zero-order valence-corrected chi connectivity index (χ0v) is 4.97. The van der Waals surface area contributed by atoms with Crippen molar-refractivity contribution in [2.45, 2.75) is 6.92 Å². The molecule has 0 aliphatic rings. The van der Waals surface area contributed by atoms with E-state index in [-0.39, 0.29) is 11.2 Å². The molecule has 0 aliphatic heterocycles. The summed E-state index contributed by atoms with van der Waals surface area (Å²) in [6.45, 7) is 1.61. The summed E-state index contributed by atoms with van der Waals surface area (Å²) >= 11 is 0. The van der Waals surface area contributed by atoms with Crippen LogP contribution in [0.15, 0.2) is 21.7 Å². The summed E-state index contributed by atoms with van der Waals surface area (Å²) in [5.74, 6) is -0.0880. The summed E-state index contributed by atoms with van der Waals surface area (Å²) in [6.07, 6.45) is 2.45. The summed E-state index contributed by atoms with van der Waals surface area (Å²) in [5, 5.41) is 6.95. The van der Waals surface area contributed by atoms with Crippen LogP contribution in [0.3, 0.4) is 0 Å². The average Bonchev–Trinajstić information content (AvgIpc) is 1.83. The fourth-order valence-electron chi connectivity index (χ4n) is 0.524. The summed E-state index contributed by atoms with van der Waals surface area (Å²) in [5.41, 5.74) is 0.212. The van der Waals surface area contributed by atoms with E-state index < -0.39 is 0 Å². The van der Waals surface area contributed by atoms with Gasteiger partial charge in [-0.15, -0.1) is 0 Å². The molecule has 0 bridgehead atoms. The Hall–Kier alpha value is -1.25. The fraction of sp³-hybridized carbons (Fsp3) is 0.167. The van der Waals surface area contributed by atoms with Crippen molar-refractivity contribution >= 4 is 0 Å².